The fraction of sp³-hybridized carbons (Fsp3) is 0.933. The van der Waals surface area contributed by atoms with Gasteiger partial charge in [-0.1, -0.05) is 12.8 Å². The first-order valence-electron chi connectivity index (χ1n) is 8.01. The van der Waals surface area contributed by atoms with Crippen molar-refractivity contribution in [2.45, 2.75) is 57.0 Å². The molecule has 0 bridgehead atoms. The van der Waals surface area contributed by atoms with E-state index in [-0.39, 0.29) is 6.04 Å². The Balaban J connectivity index is 1.58. The Morgan fingerprint density at radius 2 is 1.84 bits per heavy atom. The molecule has 4 heteroatoms. The maximum absolute atomic E-state index is 12.6. The molecule has 4 nitrogen and oxygen atoms in total. The Labute approximate surface area is 116 Å². The zero-order chi connectivity index (χ0) is 13.2. The summed E-state index contributed by atoms with van der Waals surface area (Å²) in [6, 6.07) is 0.822. The Hall–Kier alpha value is -0.610. The summed E-state index contributed by atoms with van der Waals surface area (Å²) < 4.78 is 0. The van der Waals surface area contributed by atoms with Crippen molar-refractivity contribution in [3.8, 4) is 0 Å². The van der Waals surface area contributed by atoms with Gasteiger partial charge in [0.25, 0.3) is 0 Å². The second-order valence-electron chi connectivity index (χ2n) is 6.63. The fourth-order valence-corrected chi connectivity index (χ4v) is 4.22. The third-order valence-corrected chi connectivity index (χ3v) is 5.23. The van der Waals surface area contributed by atoms with Gasteiger partial charge in [-0.3, -0.25) is 9.69 Å². The molecular weight excluding hydrogens is 238 g/mol. The van der Waals surface area contributed by atoms with Crippen LogP contribution in [0.1, 0.15) is 44.9 Å². The minimum Gasteiger partial charge on any atom is -0.338 e. The molecule has 0 aromatic rings. The third kappa shape index (κ3) is 2.95. The van der Waals surface area contributed by atoms with Crippen LogP contribution >= 0.6 is 0 Å². The Morgan fingerprint density at radius 3 is 2.63 bits per heavy atom. The van der Waals surface area contributed by atoms with E-state index in [4.69, 9.17) is 5.73 Å². The van der Waals surface area contributed by atoms with Gasteiger partial charge in [-0.25, -0.2) is 0 Å². The summed E-state index contributed by atoms with van der Waals surface area (Å²) in [6.45, 7) is 3.47. The van der Waals surface area contributed by atoms with Crippen LogP contribution in [0.25, 0.3) is 0 Å². The van der Waals surface area contributed by atoms with Gasteiger partial charge >= 0.3 is 0 Å². The number of rotatable bonds is 2. The van der Waals surface area contributed by atoms with Crippen molar-refractivity contribution < 1.29 is 4.79 Å². The molecule has 108 valence electrons. The second kappa shape index (κ2) is 5.80. The number of nitrogens with two attached hydrogens (primary N) is 1. The standard InChI is InChI=1S/C15H27N3O/c16-13-7-9-17(10-13)11-15(19)18-8-3-5-12-4-1-2-6-14(12)18/h12-14H,1-11,16H2/t12?,13-,14?/m0/s1. The molecule has 0 aromatic heterocycles. The number of carbonyl (C=O) groups excluding carboxylic acids is 1. The number of amides is 1. The highest BCUT2D eigenvalue weighted by molar-refractivity contribution is 5.78. The van der Waals surface area contributed by atoms with Crippen LogP contribution in [-0.2, 0) is 4.79 Å². The SMILES string of the molecule is N[C@H]1CCN(CC(=O)N2CCCC3CCCCC32)C1. The molecule has 3 atom stereocenters. The van der Waals surface area contributed by atoms with E-state index in [2.05, 4.69) is 9.80 Å². The van der Waals surface area contributed by atoms with Crippen molar-refractivity contribution >= 4 is 5.91 Å². The molecule has 1 saturated carbocycles. The van der Waals surface area contributed by atoms with Gasteiger partial charge in [0.1, 0.15) is 0 Å². The van der Waals surface area contributed by atoms with E-state index in [0.717, 1.165) is 32.0 Å². The van der Waals surface area contributed by atoms with Crippen LogP contribution in [0.3, 0.4) is 0 Å². The van der Waals surface area contributed by atoms with Crippen molar-refractivity contribution in [1.29, 1.82) is 0 Å². The Kier molecular flexibility index (Phi) is 4.08. The average Bonchev–Trinajstić information content (AvgIpc) is 2.83. The van der Waals surface area contributed by atoms with E-state index in [9.17, 15) is 4.79 Å². The van der Waals surface area contributed by atoms with Gasteiger partial charge in [-0.2, -0.15) is 0 Å². The van der Waals surface area contributed by atoms with Gasteiger partial charge in [0, 0.05) is 31.7 Å². The molecule has 2 heterocycles. The normalized spacial score (nSPS) is 36.3. The van der Waals surface area contributed by atoms with Gasteiger partial charge in [0.15, 0.2) is 0 Å². The largest absolute Gasteiger partial charge is 0.338 e. The van der Waals surface area contributed by atoms with Crippen LogP contribution in [0.4, 0.5) is 0 Å². The lowest BCUT2D eigenvalue weighted by Gasteiger charge is -2.44. The van der Waals surface area contributed by atoms with Gasteiger partial charge in [0.05, 0.1) is 6.54 Å². The third-order valence-electron chi connectivity index (χ3n) is 5.23. The first-order valence-corrected chi connectivity index (χ1v) is 8.01. The highest BCUT2D eigenvalue weighted by atomic mass is 16.2. The van der Waals surface area contributed by atoms with Crippen LogP contribution in [0.5, 0.6) is 0 Å². The molecule has 1 aliphatic carbocycles. The van der Waals surface area contributed by atoms with E-state index in [0.29, 0.717) is 18.5 Å². The molecule has 19 heavy (non-hydrogen) atoms. The minimum absolute atomic E-state index is 0.275. The van der Waals surface area contributed by atoms with Gasteiger partial charge < -0.3 is 10.6 Å². The lowest BCUT2D eigenvalue weighted by molar-refractivity contribution is -0.138. The quantitative estimate of drug-likeness (QED) is 0.816. The van der Waals surface area contributed by atoms with Gasteiger partial charge in [-0.15, -0.1) is 0 Å². The maximum atomic E-state index is 12.6. The summed E-state index contributed by atoms with van der Waals surface area (Å²) in [5.41, 5.74) is 5.92. The molecule has 0 spiro atoms. The number of nitrogens with zero attached hydrogens (tertiary/aromatic N) is 2. The molecular formula is C15H27N3O. The molecule has 2 unspecified atom stereocenters. The molecule has 3 aliphatic rings. The Morgan fingerprint density at radius 1 is 1.05 bits per heavy atom. The highest BCUT2D eigenvalue weighted by Gasteiger charge is 2.36. The number of likely N-dealkylation sites (tertiary alicyclic amines) is 2. The topological polar surface area (TPSA) is 49.6 Å². The number of piperidine rings is 1. The number of hydrogen-bond acceptors (Lipinski definition) is 3. The molecule has 0 aromatic carbocycles. The highest BCUT2D eigenvalue weighted by Crippen LogP contribution is 2.35. The number of carbonyl (C=O) groups is 1. The smallest absolute Gasteiger partial charge is 0.237 e. The van der Waals surface area contributed by atoms with Crippen molar-refractivity contribution in [2.24, 2.45) is 11.7 Å². The van der Waals surface area contributed by atoms with Crippen LogP contribution < -0.4 is 5.73 Å². The van der Waals surface area contributed by atoms with E-state index >= 15 is 0 Å². The van der Waals surface area contributed by atoms with E-state index < -0.39 is 0 Å². The van der Waals surface area contributed by atoms with Crippen molar-refractivity contribution in [3.05, 3.63) is 0 Å². The average molecular weight is 265 g/mol. The molecule has 2 aliphatic heterocycles. The predicted octanol–water partition coefficient (Wildman–Crippen LogP) is 1.20. The van der Waals surface area contributed by atoms with Crippen molar-refractivity contribution in [3.63, 3.8) is 0 Å². The second-order valence-corrected chi connectivity index (χ2v) is 6.63. The molecule has 2 saturated heterocycles. The van der Waals surface area contributed by atoms with Gasteiger partial charge in [-0.05, 0) is 38.0 Å². The zero-order valence-corrected chi connectivity index (χ0v) is 11.9. The van der Waals surface area contributed by atoms with Gasteiger partial charge in [0.2, 0.25) is 5.91 Å². The fourth-order valence-electron chi connectivity index (χ4n) is 4.22. The first kappa shape index (κ1) is 13.4. The first-order chi connectivity index (χ1) is 9.24. The van der Waals surface area contributed by atoms with Crippen LogP contribution in [0.15, 0.2) is 0 Å². The van der Waals surface area contributed by atoms with E-state index in [1.54, 1.807) is 0 Å². The molecule has 1 amide bonds. The van der Waals surface area contributed by atoms with Crippen molar-refractivity contribution in [2.75, 3.05) is 26.2 Å². The summed E-state index contributed by atoms with van der Waals surface area (Å²) in [5.74, 6) is 1.14. The zero-order valence-electron chi connectivity index (χ0n) is 11.9. The lowest BCUT2D eigenvalue weighted by atomic mass is 9.78. The monoisotopic (exact) mass is 265 g/mol. The number of fused-ring (bicyclic) bond motifs is 1. The summed E-state index contributed by atoms with van der Waals surface area (Å²) >= 11 is 0. The minimum atomic E-state index is 0.275. The molecule has 2 N–H and O–H groups in total. The number of hydrogen-bond donors (Lipinski definition) is 1. The van der Waals surface area contributed by atoms with Crippen LogP contribution in [0, 0.1) is 5.92 Å². The molecule has 3 rings (SSSR count). The van der Waals surface area contributed by atoms with E-state index in [1.807, 2.05) is 0 Å². The summed E-state index contributed by atoms with van der Waals surface area (Å²) in [7, 11) is 0. The van der Waals surface area contributed by atoms with E-state index in [1.165, 1.54) is 38.5 Å². The Bertz CT molecular complexity index is 331. The predicted molar refractivity (Wildman–Crippen MR) is 75.7 cm³/mol. The lowest BCUT2D eigenvalue weighted by Crippen LogP contribution is -2.52. The molecule has 0 radical (unpaired) electrons. The summed E-state index contributed by atoms with van der Waals surface area (Å²) in [5, 5.41) is 0. The summed E-state index contributed by atoms with van der Waals surface area (Å²) in [6.07, 6.45) is 8.82. The summed E-state index contributed by atoms with van der Waals surface area (Å²) in [4.78, 5) is 17.0. The van der Waals surface area contributed by atoms with Crippen LogP contribution in [-0.4, -0.2) is 54.0 Å². The maximum Gasteiger partial charge on any atom is 0.237 e. The molecule has 3 fully saturated rings. The van der Waals surface area contributed by atoms with Crippen molar-refractivity contribution in [1.82, 2.24) is 9.80 Å². The van der Waals surface area contributed by atoms with Crippen LogP contribution in [0.2, 0.25) is 0 Å².